The van der Waals surface area contributed by atoms with E-state index in [0.717, 1.165) is 24.3 Å². The fraction of sp³-hybridized carbons (Fsp3) is 0.625. The van der Waals surface area contributed by atoms with Gasteiger partial charge in [-0.05, 0) is 14.1 Å². The lowest BCUT2D eigenvalue weighted by Gasteiger charge is -2.07. The normalized spacial score (nSPS) is 11.0. The van der Waals surface area contributed by atoms with E-state index in [1.165, 1.54) is 0 Å². The van der Waals surface area contributed by atoms with Crippen LogP contribution in [-0.4, -0.2) is 35.3 Å². The van der Waals surface area contributed by atoms with Crippen LogP contribution in [0.25, 0.3) is 0 Å². The van der Waals surface area contributed by atoms with Crippen LogP contribution in [0.15, 0.2) is 6.20 Å². The van der Waals surface area contributed by atoms with Gasteiger partial charge in [0.05, 0.1) is 11.4 Å². The molecular formula is C8H16N4. The Labute approximate surface area is 73.0 Å². The monoisotopic (exact) mass is 168 g/mol. The molecule has 0 unspecified atom stereocenters. The lowest BCUT2D eigenvalue weighted by atomic mass is 10.3. The molecule has 68 valence electrons. The van der Waals surface area contributed by atoms with Crippen LogP contribution < -0.4 is 5.73 Å². The van der Waals surface area contributed by atoms with E-state index >= 15 is 0 Å². The van der Waals surface area contributed by atoms with Crippen molar-refractivity contribution in [1.29, 1.82) is 0 Å². The highest BCUT2D eigenvalue weighted by molar-refractivity contribution is 5.40. The van der Waals surface area contributed by atoms with Crippen molar-refractivity contribution in [2.75, 3.05) is 26.4 Å². The van der Waals surface area contributed by atoms with Crippen LogP contribution in [0.1, 0.15) is 5.69 Å². The number of nitrogens with zero attached hydrogens (tertiary/aromatic N) is 3. The van der Waals surface area contributed by atoms with Crippen LogP contribution in [0.4, 0.5) is 5.69 Å². The van der Waals surface area contributed by atoms with Crippen LogP contribution in [0.3, 0.4) is 0 Å². The summed E-state index contributed by atoms with van der Waals surface area (Å²) in [6, 6.07) is 0. The standard InChI is InChI=1S/C8H16N4/c1-11(2)5-4-8-7(9)6-12(3)10-8/h6H,4-5,9H2,1-3H3. The minimum atomic E-state index is 0.791. The fourth-order valence-corrected chi connectivity index (χ4v) is 1.08. The van der Waals surface area contributed by atoms with Gasteiger partial charge in [-0.25, -0.2) is 0 Å². The number of aromatic nitrogens is 2. The first kappa shape index (κ1) is 9.06. The molecule has 0 aromatic carbocycles. The van der Waals surface area contributed by atoms with E-state index in [9.17, 15) is 0 Å². The Bertz CT molecular complexity index is 252. The number of likely N-dealkylation sites (N-methyl/N-ethyl adjacent to an activating group) is 1. The van der Waals surface area contributed by atoms with E-state index in [1.807, 2.05) is 27.3 Å². The van der Waals surface area contributed by atoms with Crippen LogP contribution >= 0.6 is 0 Å². The predicted molar refractivity (Wildman–Crippen MR) is 49.9 cm³/mol. The molecule has 1 heterocycles. The highest BCUT2D eigenvalue weighted by Crippen LogP contribution is 2.08. The zero-order valence-electron chi connectivity index (χ0n) is 7.91. The summed E-state index contributed by atoms with van der Waals surface area (Å²) in [5.41, 5.74) is 7.51. The first-order chi connectivity index (χ1) is 5.59. The molecule has 0 saturated carbocycles. The Morgan fingerprint density at radius 3 is 2.67 bits per heavy atom. The minimum absolute atomic E-state index is 0.791. The third-order valence-corrected chi connectivity index (χ3v) is 1.73. The third-order valence-electron chi connectivity index (χ3n) is 1.73. The Balaban J connectivity index is 2.57. The number of nitrogen functional groups attached to an aromatic ring is 1. The van der Waals surface area contributed by atoms with Crippen LogP contribution in [-0.2, 0) is 13.5 Å². The van der Waals surface area contributed by atoms with Crippen LogP contribution in [0.2, 0.25) is 0 Å². The molecule has 0 bridgehead atoms. The maximum Gasteiger partial charge on any atom is 0.0866 e. The van der Waals surface area contributed by atoms with Gasteiger partial charge >= 0.3 is 0 Å². The number of rotatable bonds is 3. The smallest absolute Gasteiger partial charge is 0.0866 e. The molecule has 4 heteroatoms. The summed E-state index contributed by atoms with van der Waals surface area (Å²) in [5, 5.41) is 4.25. The number of hydrogen-bond donors (Lipinski definition) is 1. The Hall–Kier alpha value is -1.03. The van der Waals surface area contributed by atoms with E-state index < -0.39 is 0 Å². The second-order valence-electron chi connectivity index (χ2n) is 3.26. The summed E-state index contributed by atoms with van der Waals surface area (Å²) in [6.07, 6.45) is 2.75. The molecule has 0 aliphatic carbocycles. The van der Waals surface area contributed by atoms with Gasteiger partial charge in [0.15, 0.2) is 0 Å². The highest BCUT2D eigenvalue weighted by atomic mass is 15.3. The maximum absolute atomic E-state index is 5.73. The van der Waals surface area contributed by atoms with E-state index in [0.29, 0.717) is 0 Å². The quantitative estimate of drug-likeness (QED) is 0.696. The second kappa shape index (κ2) is 3.58. The lowest BCUT2D eigenvalue weighted by molar-refractivity contribution is 0.411. The van der Waals surface area contributed by atoms with Crippen LogP contribution in [0.5, 0.6) is 0 Å². The number of aryl methyl sites for hydroxylation is 1. The Morgan fingerprint density at radius 1 is 1.58 bits per heavy atom. The molecule has 4 nitrogen and oxygen atoms in total. The molecular weight excluding hydrogens is 152 g/mol. The fourth-order valence-electron chi connectivity index (χ4n) is 1.08. The van der Waals surface area contributed by atoms with Crippen molar-refractivity contribution in [3.63, 3.8) is 0 Å². The molecule has 12 heavy (non-hydrogen) atoms. The molecule has 0 spiro atoms. The highest BCUT2D eigenvalue weighted by Gasteiger charge is 2.03. The summed E-state index contributed by atoms with van der Waals surface area (Å²) in [7, 11) is 5.97. The van der Waals surface area contributed by atoms with E-state index in [1.54, 1.807) is 4.68 Å². The van der Waals surface area contributed by atoms with Gasteiger partial charge in [-0.15, -0.1) is 0 Å². The molecule has 1 rings (SSSR count). The summed E-state index contributed by atoms with van der Waals surface area (Å²) < 4.78 is 1.75. The molecule has 0 aliphatic heterocycles. The molecule has 1 aromatic heterocycles. The van der Waals surface area contributed by atoms with Gasteiger partial charge in [0, 0.05) is 26.2 Å². The molecule has 0 amide bonds. The third kappa shape index (κ3) is 2.23. The Morgan fingerprint density at radius 2 is 2.25 bits per heavy atom. The topological polar surface area (TPSA) is 47.1 Å². The van der Waals surface area contributed by atoms with Gasteiger partial charge in [0.25, 0.3) is 0 Å². The van der Waals surface area contributed by atoms with Crippen LogP contribution in [0, 0.1) is 0 Å². The minimum Gasteiger partial charge on any atom is -0.396 e. The molecule has 0 radical (unpaired) electrons. The summed E-state index contributed by atoms with van der Waals surface area (Å²) >= 11 is 0. The summed E-state index contributed by atoms with van der Waals surface area (Å²) in [5.74, 6) is 0. The van der Waals surface area contributed by atoms with Crippen molar-refractivity contribution in [2.24, 2.45) is 7.05 Å². The van der Waals surface area contributed by atoms with E-state index in [4.69, 9.17) is 5.73 Å². The van der Waals surface area contributed by atoms with Crippen molar-refractivity contribution in [3.05, 3.63) is 11.9 Å². The van der Waals surface area contributed by atoms with Crippen molar-refractivity contribution in [2.45, 2.75) is 6.42 Å². The zero-order valence-corrected chi connectivity index (χ0v) is 7.91. The van der Waals surface area contributed by atoms with Gasteiger partial charge in [-0.3, -0.25) is 4.68 Å². The average Bonchev–Trinajstić information content (AvgIpc) is 2.26. The molecule has 2 N–H and O–H groups in total. The largest absolute Gasteiger partial charge is 0.396 e. The molecule has 0 atom stereocenters. The number of anilines is 1. The van der Waals surface area contributed by atoms with Crippen molar-refractivity contribution >= 4 is 5.69 Å². The molecule has 0 saturated heterocycles. The predicted octanol–water partition coefficient (Wildman–Crippen LogP) is 0.106. The second-order valence-corrected chi connectivity index (χ2v) is 3.26. The Kier molecular flexibility index (Phi) is 2.70. The van der Waals surface area contributed by atoms with E-state index in [-0.39, 0.29) is 0 Å². The first-order valence-corrected chi connectivity index (χ1v) is 4.02. The zero-order chi connectivity index (χ0) is 9.14. The first-order valence-electron chi connectivity index (χ1n) is 4.02. The molecule has 0 aliphatic rings. The van der Waals surface area contributed by atoms with E-state index in [2.05, 4.69) is 10.00 Å². The van der Waals surface area contributed by atoms with Gasteiger partial charge < -0.3 is 10.6 Å². The maximum atomic E-state index is 5.73. The van der Waals surface area contributed by atoms with Gasteiger partial charge in [-0.1, -0.05) is 0 Å². The SMILES string of the molecule is CN(C)CCc1nn(C)cc1N. The average molecular weight is 168 g/mol. The van der Waals surface area contributed by atoms with Gasteiger partial charge in [0.1, 0.15) is 0 Å². The van der Waals surface area contributed by atoms with Crippen molar-refractivity contribution < 1.29 is 0 Å². The number of hydrogen-bond acceptors (Lipinski definition) is 3. The molecule has 0 fully saturated rings. The van der Waals surface area contributed by atoms with Crippen molar-refractivity contribution in [1.82, 2.24) is 14.7 Å². The van der Waals surface area contributed by atoms with Gasteiger partial charge in [-0.2, -0.15) is 5.10 Å². The summed E-state index contributed by atoms with van der Waals surface area (Å²) in [4.78, 5) is 2.12. The summed E-state index contributed by atoms with van der Waals surface area (Å²) in [6.45, 7) is 0.987. The molecule has 1 aromatic rings. The van der Waals surface area contributed by atoms with Crippen molar-refractivity contribution in [3.8, 4) is 0 Å². The van der Waals surface area contributed by atoms with Gasteiger partial charge in [0.2, 0.25) is 0 Å². The number of nitrogens with two attached hydrogens (primary N) is 1. The lowest BCUT2D eigenvalue weighted by Crippen LogP contribution is -2.15.